The predicted octanol–water partition coefficient (Wildman–Crippen LogP) is -0.135. The first kappa shape index (κ1) is 13.9. The molecule has 4 N–H and O–H groups in total. The molecule has 1 aliphatic carbocycles. The minimum absolute atomic E-state index is 0.156. The molecule has 0 unspecified atom stereocenters. The summed E-state index contributed by atoms with van der Waals surface area (Å²) in [7, 11) is 0. The number of carbonyl (C=O) groups is 2. The van der Waals surface area contributed by atoms with Gasteiger partial charge in [0.25, 0.3) is 0 Å². The summed E-state index contributed by atoms with van der Waals surface area (Å²) in [6.07, 6.45) is 4.54. The molecular weight excluding hydrogens is 224 g/mol. The van der Waals surface area contributed by atoms with E-state index in [2.05, 4.69) is 5.32 Å². The van der Waals surface area contributed by atoms with E-state index in [1.54, 1.807) is 0 Å². The molecule has 0 radical (unpaired) electrons. The molecule has 98 valence electrons. The molecular formula is C11H20N2O4. The number of hydrogen-bond donors (Lipinski definition) is 3. The van der Waals surface area contributed by atoms with Gasteiger partial charge in [-0.15, -0.1) is 0 Å². The van der Waals surface area contributed by atoms with Crippen molar-refractivity contribution in [2.45, 2.75) is 37.6 Å². The molecule has 1 fully saturated rings. The van der Waals surface area contributed by atoms with Crippen molar-refractivity contribution >= 4 is 11.9 Å². The molecule has 1 saturated carbocycles. The number of ether oxygens (including phenoxy) is 1. The highest BCUT2D eigenvalue weighted by Gasteiger charge is 2.34. The molecule has 6 heteroatoms. The zero-order valence-corrected chi connectivity index (χ0v) is 9.91. The Morgan fingerprint density at radius 1 is 1.29 bits per heavy atom. The Morgan fingerprint density at radius 3 is 2.53 bits per heavy atom. The van der Waals surface area contributed by atoms with Gasteiger partial charge < -0.3 is 20.9 Å². The highest BCUT2D eigenvalue weighted by atomic mass is 16.5. The third-order valence-electron chi connectivity index (χ3n) is 2.96. The van der Waals surface area contributed by atoms with Crippen LogP contribution in [-0.2, 0) is 14.3 Å². The number of carboxylic acid groups (broad SMARTS) is 1. The first-order valence-corrected chi connectivity index (χ1v) is 5.91. The van der Waals surface area contributed by atoms with Gasteiger partial charge in [-0.2, -0.15) is 0 Å². The SMILES string of the molecule is NC1(C(=O)NCCOCC(=O)O)CCCCC1. The van der Waals surface area contributed by atoms with Crippen molar-refractivity contribution < 1.29 is 19.4 Å². The number of carboxylic acids is 1. The zero-order chi connectivity index (χ0) is 12.7. The predicted molar refractivity (Wildman–Crippen MR) is 61.5 cm³/mol. The molecule has 1 rings (SSSR count). The second-order valence-corrected chi connectivity index (χ2v) is 4.42. The van der Waals surface area contributed by atoms with Gasteiger partial charge in [0, 0.05) is 6.54 Å². The fourth-order valence-electron chi connectivity index (χ4n) is 1.98. The zero-order valence-electron chi connectivity index (χ0n) is 9.91. The van der Waals surface area contributed by atoms with Crippen molar-refractivity contribution in [3.05, 3.63) is 0 Å². The second-order valence-electron chi connectivity index (χ2n) is 4.42. The standard InChI is InChI=1S/C11H20N2O4/c12-11(4-2-1-3-5-11)10(16)13-6-7-17-8-9(14)15/h1-8,12H2,(H,13,16)(H,14,15). The Morgan fingerprint density at radius 2 is 1.94 bits per heavy atom. The summed E-state index contributed by atoms with van der Waals surface area (Å²) in [4.78, 5) is 22.0. The molecule has 1 aliphatic rings. The molecule has 1 amide bonds. The molecule has 0 aromatic rings. The Balaban J connectivity index is 2.17. The first-order valence-electron chi connectivity index (χ1n) is 5.91. The average Bonchev–Trinajstić information content (AvgIpc) is 2.29. The molecule has 0 aliphatic heterocycles. The topological polar surface area (TPSA) is 102 Å². The maximum absolute atomic E-state index is 11.8. The first-order chi connectivity index (χ1) is 8.04. The molecule has 17 heavy (non-hydrogen) atoms. The molecule has 0 heterocycles. The van der Waals surface area contributed by atoms with Crippen LogP contribution in [0.2, 0.25) is 0 Å². The van der Waals surface area contributed by atoms with Gasteiger partial charge in [0.15, 0.2) is 0 Å². The normalized spacial score (nSPS) is 18.6. The van der Waals surface area contributed by atoms with Crippen LogP contribution in [0.15, 0.2) is 0 Å². The molecule has 6 nitrogen and oxygen atoms in total. The monoisotopic (exact) mass is 244 g/mol. The number of nitrogens with one attached hydrogen (secondary N) is 1. The molecule has 0 aromatic carbocycles. The lowest BCUT2D eigenvalue weighted by Crippen LogP contribution is -2.55. The summed E-state index contributed by atoms with van der Waals surface area (Å²) >= 11 is 0. The van der Waals surface area contributed by atoms with Crippen molar-refractivity contribution in [2.75, 3.05) is 19.8 Å². The summed E-state index contributed by atoms with van der Waals surface area (Å²) in [5.41, 5.74) is 5.27. The van der Waals surface area contributed by atoms with Gasteiger partial charge in [0.1, 0.15) is 6.61 Å². The van der Waals surface area contributed by atoms with E-state index in [9.17, 15) is 9.59 Å². The van der Waals surface area contributed by atoms with E-state index in [1.807, 2.05) is 0 Å². The smallest absolute Gasteiger partial charge is 0.329 e. The van der Waals surface area contributed by atoms with Gasteiger partial charge in [-0.3, -0.25) is 4.79 Å². The molecule has 0 aromatic heterocycles. The lowest BCUT2D eigenvalue weighted by molar-refractivity contribution is -0.142. The van der Waals surface area contributed by atoms with E-state index < -0.39 is 11.5 Å². The van der Waals surface area contributed by atoms with E-state index >= 15 is 0 Å². The van der Waals surface area contributed by atoms with Crippen LogP contribution in [0.3, 0.4) is 0 Å². The summed E-state index contributed by atoms with van der Waals surface area (Å²) < 4.78 is 4.81. The molecule has 0 saturated heterocycles. The van der Waals surface area contributed by atoms with Crippen molar-refractivity contribution in [2.24, 2.45) is 5.73 Å². The number of aliphatic carboxylic acids is 1. The number of hydrogen-bond acceptors (Lipinski definition) is 4. The van der Waals surface area contributed by atoms with Gasteiger partial charge >= 0.3 is 5.97 Å². The maximum Gasteiger partial charge on any atom is 0.329 e. The third kappa shape index (κ3) is 4.70. The van der Waals surface area contributed by atoms with Crippen molar-refractivity contribution in [1.82, 2.24) is 5.32 Å². The highest BCUT2D eigenvalue weighted by Crippen LogP contribution is 2.25. The van der Waals surface area contributed by atoms with Crippen LogP contribution in [0.4, 0.5) is 0 Å². The minimum Gasteiger partial charge on any atom is -0.480 e. The number of nitrogens with two attached hydrogens (primary N) is 1. The van der Waals surface area contributed by atoms with E-state index in [-0.39, 0.29) is 19.1 Å². The summed E-state index contributed by atoms with van der Waals surface area (Å²) in [5.74, 6) is -1.17. The fraction of sp³-hybridized carbons (Fsp3) is 0.818. The maximum atomic E-state index is 11.8. The van der Waals surface area contributed by atoms with Gasteiger partial charge in [-0.1, -0.05) is 19.3 Å². The van der Waals surface area contributed by atoms with E-state index in [0.717, 1.165) is 32.1 Å². The summed E-state index contributed by atoms with van der Waals surface area (Å²) in [6.45, 7) is 0.142. The van der Waals surface area contributed by atoms with Crippen LogP contribution >= 0.6 is 0 Å². The lowest BCUT2D eigenvalue weighted by atomic mass is 9.82. The van der Waals surface area contributed by atoms with Crippen molar-refractivity contribution in [1.29, 1.82) is 0 Å². The minimum atomic E-state index is -1.01. The summed E-state index contributed by atoms with van der Waals surface area (Å²) in [5, 5.41) is 11.0. The van der Waals surface area contributed by atoms with Crippen LogP contribution in [0.5, 0.6) is 0 Å². The number of amides is 1. The lowest BCUT2D eigenvalue weighted by Gasteiger charge is -2.31. The van der Waals surface area contributed by atoms with E-state index in [1.165, 1.54) is 0 Å². The van der Waals surface area contributed by atoms with Gasteiger partial charge in [0.2, 0.25) is 5.91 Å². The van der Waals surface area contributed by atoms with Gasteiger partial charge in [0.05, 0.1) is 12.1 Å². The number of carbonyl (C=O) groups excluding carboxylic acids is 1. The van der Waals surface area contributed by atoms with Crippen molar-refractivity contribution in [3.63, 3.8) is 0 Å². The number of rotatable bonds is 6. The average molecular weight is 244 g/mol. The molecule has 0 spiro atoms. The third-order valence-corrected chi connectivity index (χ3v) is 2.96. The van der Waals surface area contributed by atoms with Crippen LogP contribution in [0, 0.1) is 0 Å². The fourth-order valence-corrected chi connectivity index (χ4v) is 1.98. The quantitative estimate of drug-likeness (QED) is 0.565. The van der Waals surface area contributed by atoms with Crippen LogP contribution < -0.4 is 11.1 Å². The molecule has 0 atom stereocenters. The van der Waals surface area contributed by atoms with Crippen LogP contribution in [0.25, 0.3) is 0 Å². The van der Waals surface area contributed by atoms with Crippen LogP contribution in [-0.4, -0.2) is 42.3 Å². The second kappa shape index (κ2) is 6.56. The van der Waals surface area contributed by atoms with E-state index in [0.29, 0.717) is 6.54 Å². The van der Waals surface area contributed by atoms with Gasteiger partial charge in [-0.05, 0) is 12.8 Å². The van der Waals surface area contributed by atoms with Gasteiger partial charge in [-0.25, -0.2) is 4.79 Å². The van der Waals surface area contributed by atoms with Crippen LogP contribution in [0.1, 0.15) is 32.1 Å². The Kier molecular flexibility index (Phi) is 5.37. The van der Waals surface area contributed by atoms with Crippen molar-refractivity contribution in [3.8, 4) is 0 Å². The highest BCUT2D eigenvalue weighted by molar-refractivity contribution is 5.86. The Labute approximate surface area is 101 Å². The Hall–Kier alpha value is -1.14. The Bertz CT molecular complexity index is 275. The summed E-state index contributed by atoms with van der Waals surface area (Å²) in [6, 6.07) is 0. The largest absolute Gasteiger partial charge is 0.480 e. The molecule has 0 bridgehead atoms. The van der Waals surface area contributed by atoms with E-state index in [4.69, 9.17) is 15.6 Å².